The first kappa shape index (κ1) is 11.2. The van der Waals surface area contributed by atoms with Crippen molar-refractivity contribution in [3.05, 3.63) is 35.6 Å². The summed E-state index contributed by atoms with van der Waals surface area (Å²) in [6, 6.07) is 8.31. The van der Waals surface area contributed by atoms with Crippen LogP contribution < -0.4 is 5.32 Å². The van der Waals surface area contributed by atoms with E-state index in [4.69, 9.17) is 0 Å². The van der Waals surface area contributed by atoms with Gasteiger partial charge in [0.1, 0.15) is 5.82 Å². The number of hydrogen-bond acceptors (Lipinski definition) is 2. The highest BCUT2D eigenvalue weighted by Gasteiger charge is 2.33. The largest absolute Gasteiger partial charge is 0.309 e. The Bertz CT molecular complexity index is 390. The summed E-state index contributed by atoms with van der Waals surface area (Å²) in [5.74, 6) is -0.143. The van der Waals surface area contributed by atoms with E-state index in [-0.39, 0.29) is 5.82 Å². The molecule has 0 spiro atoms. The Labute approximate surface area is 102 Å². The van der Waals surface area contributed by atoms with Crippen molar-refractivity contribution < 1.29 is 4.39 Å². The number of nitrogens with one attached hydrogen (secondary N) is 1. The molecule has 0 bridgehead atoms. The highest BCUT2D eigenvalue weighted by molar-refractivity contribution is 5.16. The van der Waals surface area contributed by atoms with Crippen LogP contribution in [0.1, 0.15) is 24.8 Å². The number of halogens is 1. The van der Waals surface area contributed by atoms with Crippen LogP contribution in [0, 0.1) is 5.82 Å². The Morgan fingerprint density at radius 2 is 2.18 bits per heavy atom. The van der Waals surface area contributed by atoms with Gasteiger partial charge < -0.3 is 5.32 Å². The molecule has 1 aliphatic carbocycles. The fourth-order valence-corrected chi connectivity index (χ4v) is 2.63. The number of likely N-dealkylation sites (tertiary alicyclic amines) is 1. The molecule has 1 saturated heterocycles. The van der Waals surface area contributed by atoms with Crippen molar-refractivity contribution in [3.8, 4) is 0 Å². The van der Waals surface area contributed by atoms with Gasteiger partial charge >= 0.3 is 0 Å². The molecule has 2 aliphatic rings. The zero-order valence-electron chi connectivity index (χ0n) is 10.0. The molecule has 1 atom stereocenters. The van der Waals surface area contributed by atoms with E-state index >= 15 is 0 Å². The Balaban J connectivity index is 1.48. The molecular formula is C14H19FN2. The van der Waals surface area contributed by atoms with Crippen LogP contribution in [0.15, 0.2) is 24.3 Å². The highest BCUT2D eigenvalue weighted by Crippen LogP contribution is 2.29. The Morgan fingerprint density at radius 1 is 1.29 bits per heavy atom. The quantitative estimate of drug-likeness (QED) is 0.858. The zero-order valence-corrected chi connectivity index (χ0v) is 10.0. The van der Waals surface area contributed by atoms with Crippen molar-refractivity contribution in [1.29, 1.82) is 0 Å². The molecule has 0 aromatic heterocycles. The monoisotopic (exact) mass is 234 g/mol. The standard InChI is InChI=1S/C14H19FN2/c15-12-3-1-2-11(8-12)9-16-13-6-7-17(10-13)14-4-5-14/h1-3,8,13-14,16H,4-7,9-10H2. The molecule has 92 valence electrons. The van der Waals surface area contributed by atoms with Crippen LogP contribution in [-0.2, 0) is 6.54 Å². The van der Waals surface area contributed by atoms with Gasteiger partial charge in [0.2, 0.25) is 0 Å². The fourth-order valence-electron chi connectivity index (χ4n) is 2.63. The van der Waals surface area contributed by atoms with Gasteiger partial charge in [0.25, 0.3) is 0 Å². The van der Waals surface area contributed by atoms with Gasteiger partial charge in [-0.25, -0.2) is 4.39 Å². The van der Waals surface area contributed by atoms with E-state index in [1.807, 2.05) is 6.07 Å². The summed E-state index contributed by atoms with van der Waals surface area (Å²) in [7, 11) is 0. The predicted octanol–water partition coefficient (Wildman–Crippen LogP) is 2.15. The molecule has 1 unspecified atom stereocenters. The first-order valence-corrected chi connectivity index (χ1v) is 6.53. The molecular weight excluding hydrogens is 215 g/mol. The summed E-state index contributed by atoms with van der Waals surface area (Å²) < 4.78 is 13.0. The molecule has 1 saturated carbocycles. The minimum absolute atomic E-state index is 0.143. The average molecular weight is 234 g/mol. The maximum atomic E-state index is 13.0. The van der Waals surface area contributed by atoms with Crippen molar-refractivity contribution in [3.63, 3.8) is 0 Å². The minimum atomic E-state index is -0.143. The lowest BCUT2D eigenvalue weighted by Gasteiger charge is -2.15. The van der Waals surface area contributed by atoms with E-state index in [9.17, 15) is 4.39 Å². The summed E-state index contributed by atoms with van der Waals surface area (Å²) >= 11 is 0. The van der Waals surface area contributed by atoms with Crippen LogP contribution in [0.2, 0.25) is 0 Å². The van der Waals surface area contributed by atoms with E-state index in [1.165, 1.54) is 38.4 Å². The maximum absolute atomic E-state index is 13.0. The van der Waals surface area contributed by atoms with E-state index in [2.05, 4.69) is 10.2 Å². The van der Waals surface area contributed by atoms with E-state index in [1.54, 1.807) is 12.1 Å². The Kier molecular flexibility index (Phi) is 3.12. The summed E-state index contributed by atoms with van der Waals surface area (Å²) in [5, 5.41) is 3.53. The smallest absolute Gasteiger partial charge is 0.123 e. The van der Waals surface area contributed by atoms with E-state index < -0.39 is 0 Å². The van der Waals surface area contributed by atoms with Crippen molar-refractivity contribution >= 4 is 0 Å². The molecule has 3 rings (SSSR count). The molecule has 0 amide bonds. The second kappa shape index (κ2) is 4.75. The van der Waals surface area contributed by atoms with Crippen LogP contribution in [0.4, 0.5) is 4.39 Å². The van der Waals surface area contributed by atoms with E-state index in [0.29, 0.717) is 6.04 Å². The first-order chi connectivity index (χ1) is 8.31. The predicted molar refractivity (Wildman–Crippen MR) is 66.2 cm³/mol. The Morgan fingerprint density at radius 3 is 2.94 bits per heavy atom. The van der Waals surface area contributed by atoms with Crippen molar-refractivity contribution in [2.75, 3.05) is 13.1 Å². The summed E-state index contributed by atoms with van der Waals surface area (Å²) in [6.07, 6.45) is 4.00. The van der Waals surface area contributed by atoms with Crippen LogP contribution in [0.5, 0.6) is 0 Å². The summed E-state index contributed by atoms with van der Waals surface area (Å²) in [6.45, 7) is 3.17. The van der Waals surface area contributed by atoms with Crippen LogP contribution >= 0.6 is 0 Å². The summed E-state index contributed by atoms with van der Waals surface area (Å²) in [5.41, 5.74) is 1.04. The lowest BCUT2D eigenvalue weighted by atomic mass is 10.2. The normalized spacial score (nSPS) is 25.4. The third kappa shape index (κ3) is 2.85. The number of nitrogens with zero attached hydrogens (tertiary/aromatic N) is 1. The third-order valence-electron chi connectivity index (χ3n) is 3.77. The van der Waals surface area contributed by atoms with Gasteiger partial charge in [-0.15, -0.1) is 0 Å². The fraction of sp³-hybridized carbons (Fsp3) is 0.571. The van der Waals surface area contributed by atoms with Gasteiger partial charge in [0.15, 0.2) is 0 Å². The second-order valence-electron chi connectivity index (χ2n) is 5.22. The number of hydrogen-bond donors (Lipinski definition) is 1. The average Bonchev–Trinajstić information content (AvgIpc) is 3.07. The van der Waals surface area contributed by atoms with Gasteiger partial charge in [-0.3, -0.25) is 4.90 Å². The Hall–Kier alpha value is -0.930. The molecule has 2 nitrogen and oxygen atoms in total. The van der Waals surface area contributed by atoms with Crippen LogP contribution in [-0.4, -0.2) is 30.1 Å². The lowest BCUT2D eigenvalue weighted by molar-refractivity contribution is 0.317. The topological polar surface area (TPSA) is 15.3 Å². The van der Waals surface area contributed by atoms with Crippen molar-refractivity contribution in [2.45, 2.75) is 37.9 Å². The van der Waals surface area contributed by atoms with Crippen molar-refractivity contribution in [2.24, 2.45) is 0 Å². The first-order valence-electron chi connectivity index (χ1n) is 6.53. The van der Waals surface area contributed by atoms with Gasteiger partial charge in [0.05, 0.1) is 0 Å². The van der Waals surface area contributed by atoms with Gasteiger partial charge in [0, 0.05) is 31.7 Å². The zero-order chi connectivity index (χ0) is 11.7. The van der Waals surface area contributed by atoms with Gasteiger partial charge in [-0.05, 0) is 37.0 Å². The molecule has 17 heavy (non-hydrogen) atoms. The molecule has 1 aromatic rings. The van der Waals surface area contributed by atoms with Crippen molar-refractivity contribution in [1.82, 2.24) is 10.2 Å². The van der Waals surface area contributed by atoms with Crippen LogP contribution in [0.25, 0.3) is 0 Å². The molecule has 3 heteroatoms. The molecule has 0 radical (unpaired) electrons. The number of rotatable bonds is 4. The second-order valence-corrected chi connectivity index (χ2v) is 5.22. The summed E-state index contributed by atoms with van der Waals surface area (Å²) in [4.78, 5) is 2.59. The van der Waals surface area contributed by atoms with E-state index in [0.717, 1.165) is 18.2 Å². The minimum Gasteiger partial charge on any atom is -0.309 e. The lowest BCUT2D eigenvalue weighted by Crippen LogP contribution is -2.32. The van der Waals surface area contributed by atoms with Crippen LogP contribution in [0.3, 0.4) is 0 Å². The molecule has 1 aliphatic heterocycles. The van der Waals surface area contributed by atoms with Gasteiger partial charge in [-0.1, -0.05) is 12.1 Å². The SMILES string of the molecule is Fc1cccc(CNC2CCN(C3CC3)C2)c1. The van der Waals surface area contributed by atoms with Gasteiger partial charge in [-0.2, -0.15) is 0 Å². The molecule has 2 fully saturated rings. The number of benzene rings is 1. The maximum Gasteiger partial charge on any atom is 0.123 e. The third-order valence-corrected chi connectivity index (χ3v) is 3.77. The highest BCUT2D eigenvalue weighted by atomic mass is 19.1. The molecule has 1 aromatic carbocycles. The molecule has 1 N–H and O–H groups in total. The molecule has 1 heterocycles.